The van der Waals surface area contributed by atoms with Crippen LogP contribution in [0.5, 0.6) is 0 Å². The van der Waals surface area contributed by atoms with E-state index in [1.165, 1.54) is 5.56 Å². The summed E-state index contributed by atoms with van der Waals surface area (Å²) in [7, 11) is -1.02. The molecular weight excluding hydrogens is 274 g/mol. The van der Waals surface area contributed by atoms with Crippen LogP contribution in [0.15, 0.2) is 0 Å². The van der Waals surface area contributed by atoms with Gasteiger partial charge < -0.3 is 5.32 Å². The van der Waals surface area contributed by atoms with E-state index in [1.807, 2.05) is 32.5 Å². The van der Waals surface area contributed by atoms with Gasteiger partial charge in [0.1, 0.15) is 0 Å². The highest BCUT2D eigenvalue weighted by Crippen LogP contribution is 2.23. The minimum absolute atomic E-state index is 0.165. The number of aryl methyl sites for hydroxylation is 2. The van der Waals surface area contributed by atoms with Crippen molar-refractivity contribution in [1.82, 2.24) is 15.1 Å². The van der Waals surface area contributed by atoms with E-state index in [1.54, 1.807) is 0 Å². The molecule has 1 aromatic rings. The topological polar surface area (TPSA) is 64.0 Å². The Bertz CT molecular complexity index is 531. The van der Waals surface area contributed by atoms with Crippen molar-refractivity contribution in [3.05, 3.63) is 17.0 Å². The van der Waals surface area contributed by atoms with Crippen LogP contribution < -0.4 is 5.32 Å². The summed E-state index contributed by atoms with van der Waals surface area (Å²) in [5.74, 6) is 0.422. The standard InChI is InChI=1S/C14H27N3O2S/c1-6-9-20(18,19)10-8-17-12(4)14(11(3)16-17)13(7-2)15-5/h13,15H,6-10H2,1-5H3. The first-order chi connectivity index (χ1) is 9.36. The molecule has 0 aliphatic heterocycles. The highest BCUT2D eigenvalue weighted by molar-refractivity contribution is 7.91. The molecule has 0 aromatic carbocycles. The molecule has 1 aromatic heterocycles. The van der Waals surface area contributed by atoms with Gasteiger partial charge in [-0.05, 0) is 33.7 Å². The third-order valence-corrected chi connectivity index (χ3v) is 5.51. The van der Waals surface area contributed by atoms with E-state index in [0.717, 1.165) is 17.8 Å². The second kappa shape index (κ2) is 7.22. The summed E-state index contributed by atoms with van der Waals surface area (Å²) in [4.78, 5) is 0. The van der Waals surface area contributed by atoms with Gasteiger partial charge in [0.05, 0.1) is 18.0 Å². The Hall–Kier alpha value is -0.880. The smallest absolute Gasteiger partial charge is 0.152 e. The molecule has 116 valence electrons. The van der Waals surface area contributed by atoms with Gasteiger partial charge in [0.2, 0.25) is 0 Å². The summed E-state index contributed by atoms with van der Waals surface area (Å²) < 4.78 is 25.4. The van der Waals surface area contributed by atoms with Crippen molar-refractivity contribution in [2.24, 2.45) is 0 Å². The Morgan fingerprint density at radius 2 is 1.90 bits per heavy atom. The van der Waals surface area contributed by atoms with Gasteiger partial charge in [0, 0.05) is 23.1 Å². The lowest BCUT2D eigenvalue weighted by atomic mass is 10.0. The Balaban J connectivity index is 2.91. The summed E-state index contributed by atoms with van der Waals surface area (Å²) in [6.07, 6.45) is 1.65. The number of nitrogens with zero attached hydrogens (tertiary/aromatic N) is 2. The molecule has 0 amide bonds. The highest BCUT2D eigenvalue weighted by atomic mass is 32.2. The average molecular weight is 301 g/mol. The summed E-state index contributed by atoms with van der Waals surface area (Å²) in [6, 6.07) is 0.274. The number of nitrogens with one attached hydrogen (secondary N) is 1. The van der Waals surface area contributed by atoms with Crippen molar-refractivity contribution >= 4 is 9.84 Å². The molecule has 0 saturated heterocycles. The molecule has 1 rings (SSSR count). The zero-order chi connectivity index (χ0) is 15.3. The van der Waals surface area contributed by atoms with Gasteiger partial charge in [0.25, 0.3) is 0 Å². The average Bonchev–Trinajstić information content (AvgIpc) is 2.66. The van der Waals surface area contributed by atoms with Crippen LogP contribution >= 0.6 is 0 Å². The fourth-order valence-electron chi connectivity index (χ4n) is 2.62. The number of sulfone groups is 1. The summed E-state index contributed by atoms with van der Waals surface area (Å²) in [6.45, 7) is 8.46. The van der Waals surface area contributed by atoms with Gasteiger partial charge in [-0.15, -0.1) is 0 Å². The minimum Gasteiger partial charge on any atom is -0.313 e. The molecule has 1 atom stereocenters. The van der Waals surface area contributed by atoms with E-state index in [2.05, 4.69) is 17.3 Å². The van der Waals surface area contributed by atoms with Gasteiger partial charge in [-0.25, -0.2) is 8.42 Å². The molecule has 6 heteroatoms. The predicted octanol–water partition coefficient (Wildman–Crippen LogP) is 2.00. The van der Waals surface area contributed by atoms with Gasteiger partial charge in [0.15, 0.2) is 9.84 Å². The lowest BCUT2D eigenvalue weighted by Crippen LogP contribution is -2.19. The second-order valence-electron chi connectivity index (χ2n) is 5.21. The van der Waals surface area contributed by atoms with Crippen molar-refractivity contribution in [1.29, 1.82) is 0 Å². The van der Waals surface area contributed by atoms with E-state index in [-0.39, 0.29) is 17.5 Å². The molecule has 20 heavy (non-hydrogen) atoms. The number of hydrogen-bond acceptors (Lipinski definition) is 4. The maximum absolute atomic E-state index is 11.8. The molecule has 1 heterocycles. The highest BCUT2D eigenvalue weighted by Gasteiger charge is 2.19. The molecule has 1 N–H and O–H groups in total. The monoisotopic (exact) mass is 301 g/mol. The summed E-state index contributed by atoms with van der Waals surface area (Å²) in [5.41, 5.74) is 3.25. The zero-order valence-electron chi connectivity index (χ0n) is 13.2. The van der Waals surface area contributed by atoms with Crippen LogP contribution in [0, 0.1) is 13.8 Å². The third-order valence-electron chi connectivity index (χ3n) is 3.67. The van der Waals surface area contributed by atoms with Crippen molar-refractivity contribution in [3.63, 3.8) is 0 Å². The molecule has 0 spiro atoms. The van der Waals surface area contributed by atoms with Gasteiger partial charge >= 0.3 is 0 Å². The van der Waals surface area contributed by atoms with E-state index >= 15 is 0 Å². The van der Waals surface area contributed by atoms with Crippen molar-refractivity contribution in [2.75, 3.05) is 18.6 Å². The molecule has 0 radical (unpaired) electrons. The number of hydrogen-bond donors (Lipinski definition) is 1. The van der Waals surface area contributed by atoms with Crippen LogP contribution in [0.3, 0.4) is 0 Å². The Labute approximate surface area is 122 Å². The van der Waals surface area contributed by atoms with Gasteiger partial charge in [-0.3, -0.25) is 4.68 Å². The first-order valence-corrected chi connectivity index (χ1v) is 9.10. The molecule has 1 unspecified atom stereocenters. The van der Waals surface area contributed by atoms with Gasteiger partial charge in [-0.1, -0.05) is 13.8 Å². The predicted molar refractivity (Wildman–Crippen MR) is 82.7 cm³/mol. The van der Waals surface area contributed by atoms with E-state index in [0.29, 0.717) is 13.0 Å². The molecule has 0 aliphatic rings. The van der Waals surface area contributed by atoms with E-state index < -0.39 is 9.84 Å². The van der Waals surface area contributed by atoms with Crippen LogP contribution in [0.25, 0.3) is 0 Å². The van der Waals surface area contributed by atoms with Crippen LogP contribution in [0.1, 0.15) is 49.7 Å². The molecule has 0 saturated carbocycles. The van der Waals surface area contributed by atoms with Gasteiger partial charge in [-0.2, -0.15) is 5.10 Å². The van der Waals surface area contributed by atoms with Crippen LogP contribution in [-0.4, -0.2) is 36.8 Å². The lowest BCUT2D eigenvalue weighted by Gasteiger charge is -2.14. The minimum atomic E-state index is -2.96. The Morgan fingerprint density at radius 3 is 2.40 bits per heavy atom. The molecule has 5 nitrogen and oxygen atoms in total. The second-order valence-corrected chi connectivity index (χ2v) is 7.51. The van der Waals surface area contributed by atoms with E-state index in [4.69, 9.17) is 0 Å². The van der Waals surface area contributed by atoms with Crippen molar-refractivity contribution in [3.8, 4) is 0 Å². The molecule has 0 aliphatic carbocycles. The third kappa shape index (κ3) is 4.06. The van der Waals surface area contributed by atoms with Crippen LogP contribution in [0.4, 0.5) is 0 Å². The normalized spacial score (nSPS) is 13.7. The Kier molecular flexibility index (Phi) is 6.20. The summed E-state index contributed by atoms with van der Waals surface area (Å²) >= 11 is 0. The van der Waals surface area contributed by atoms with Crippen molar-refractivity contribution in [2.45, 2.75) is 53.1 Å². The molecule has 0 fully saturated rings. The van der Waals surface area contributed by atoms with E-state index in [9.17, 15) is 8.42 Å². The Morgan fingerprint density at radius 1 is 1.25 bits per heavy atom. The maximum Gasteiger partial charge on any atom is 0.152 e. The lowest BCUT2D eigenvalue weighted by molar-refractivity contribution is 0.563. The van der Waals surface area contributed by atoms with Crippen molar-refractivity contribution < 1.29 is 8.42 Å². The van der Waals surface area contributed by atoms with Crippen LogP contribution in [-0.2, 0) is 16.4 Å². The first-order valence-electron chi connectivity index (χ1n) is 7.27. The molecular formula is C14H27N3O2S. The fraction of sp³-hybridized carbons (Fsp3) is 0.786. The number of aromatic nitrogens is 2. The number of rotatable bonds is 8. The maximum atomic E-state index is 11.8. The first kappa shape index (κ1) is 17.2. The SMILES string of the molecule is CCCS(=O)(=O)CCn1nc(C)c(C(CC)NC)c1C. The largest absolute Gasteiger partial charge is 0.313 e. The molecule has 0 bridgehead atoms. The zero-order valence-corrected chi connectivity index (χ0v) is 14.0. The van der Waals surface area contributed by atoms with Crippen LogP contribution in [0.2, 0.25) is 0 Å². The summed E-state index contributed by atoms with van der Waals surface area (Å²) in [5, 5.41) is 7.79. The fourth-order valence-corrected chi connectivity index (χ4v) is 3.90. The quantitative estimate of drug-likeness (QED) is 0.797.